The van der Waals surface area contributed by atoms with Crippen molar-refractivity contribution in [1.82, 2.24) is 0 Å². The fourth-order valence-corrected chi connectivity index (χ4v) is 4.60. The molecule has 3 atom stereocenters. The second-order valence-electron chi connectivity index (χ2n) is 9.13. The molecule has 1 aliphatic heterocycles. The van der Waals surface area contributed by atoms with Gasteiger partial charge in [0.05, 0.1) is 12.0 Å². The number of carbonyl (C=O) groups excluding carboxylic acids is 1. The molecule has 0 amide bonds. The third kappa shape index (κ3) is 6.15. The number of hydrogen-bond donors (Lipinski definition) is 1. The van der Waals surface area contributed by atoms with Gasteiger partial charge in [-0.05, 0) is 78.1 Å². The van der Waals surface area contributed by atoms with Crippen LogP contribution in [0.4, 0.5) is 14.5 Å². The van der Waals surface area contributed by atoms with E-state index in [2.05, 4.69) is 5.32 Å². The Morgan fingerprint density at radius 3 is 2.11 bits per heavy atom. The fraction of sp³-hybridized carbons (Fsp3) is 0.194. The Morgan fingerprint density at radius 2 is 1.46 bits per heavy atom. The number of cyclic esters (lactones) is 1. The van der Waals surface area contributed by atoms with Crippen LogP contribution in [0.25, 0.3) is 0 Å². The van der Waals surface area contributed by atoms with Gasteiger partial charge in [-0.1, -0.05) is 54.6 Å². The monoisotopic (exact) mass is 499 g/mol. The molecule has 6 heteroatoms. The van der Waals surface area contributed by atoms with Gasteiger partial charge in [-0.3, -0.25) is 4.79 Å². The van der Waals surface area contributed by atoms with Gasteiger partial charge in [0.2, 0.25) is 0 Å². The average Bonchev–Trinajstić information content (AvgIpc) is 2.93. The number of rotatable bonds is 8. The number of esters is 1. The molecule has 0 spiro atoms. The van der Waals surface area contributed by atoms with Crippen molar-refractivity contribution in [2.24, 2.45) is 5.92 Å². The molecule has 1 N–H and O–H groups in total. The average molecular weight is 500 g/mol. The van der Waals surface area contributed by atoms with Crippen LogP contribution in [0.15, 0.2) is 103 Å². The Hall–Kier alpha value is -4.19. The lowest BCUT2D eigenvalue weighted by Crippen LogP contribution is -2.34. The van der Waals surface area contributed by atoms with E-state index in [4.69, 9.17) is 9.47 Å². The third-order valence-electron chi connectivity index (χ3n) is 6.60. The molecular weight excluding hydrogens is 472 g/mol. The second-order valence-corrected chi connectivity index (χ2v) is 9.13. The van der Waals surface area contributed by atoms with Crippen LogP contribution in [0.3, 0.4) is 0 Å². The molecule has 188 valence electrons. The van der Waals surface area contributed by atoms with Gasteiger partial charge in [-0.15, -0.1) is 0 Å². The van der Waals surface area contributed by atoms with Crippen LogP contribution in [0.5, 0.6) is 5.75 Å². The summed E-state index contributed by atoms with van der Waals surface area (Å²) in [6.45, 7) is 0.456. The number of hydrogen-bond acceptors (Lipinski definition) is 4. The summed E-state index contributed by atoms with van der Waals surface area (Å²) in [5, 5.41) is 3.40. The first kappa shape index (κ1) is 24.5. The Balaban J connectivity index is 1.33. The molecule has 4 aromatic carbocycles. The van der Waals surface area contributed by atoms with Gasteiger partial charge in [-0.2, -0.15) is 0 Å². The number of anilines is 1. The topological polar surface area (TPSA) is 47.6 Å². The summed E-state index contributed by atoms with van der Waals surface area (Å²) in [6, 6.07) is 29.2. The van der Waals surface area contributed by atoms with E-state index < -0.39 is 18.1 Å². The quantitative estimate of drug-likeness (QED) is 0.257. The zero-order valence-electron chi connectivity index (χ0n) is 20.1. The molecule has 0 aliphatic carbocycles. The highest BCUT2D eigenvalue weighted by molar-refractivity contribution is 5.75. The number of halogens is 2. The number of nitrogens with one attached hydrogen (secondary N) is 1. The zero-order chi connectivity index (χ0) is 25.6. The van der Waals surface area contributed by atoms with E-state index in [1.165, 1.54) is 24.3 Å². The van der Waals surface area contributed by atoms with Crippen molar-refractivity contribution in [2.45, 2.75) is 31.6 Å². The second kappa shape index (κ2) is 11.2. The molecule has 3 unspecified atom stereocenters. The third-order valence-corrected chi connectivity index (χ3v) is 6.60. The first-order valence-corrected chi connectivity index (χ1v) is 12.3. The Morgan fingerprint density at radius 1 is 0.811 bits per heavy atom. The molecule has 1 heterocycles. The molecule has 0 radical (unpaired) electrons. The van der Waals surface area contributed by atoms with Crippen molar-refractivity contribution in [3.8, 4) is 5.75 Å². The molecule has 0 bridgehead atoms. The summed E-state index contributed by atoms with van der Waals surface area (Å²) >= 11 is 0. The number of carbonyl (C=O) groups is 1. The van der Waals surface area contributed by atoms with Crippen LogP contribution in [-0.4, -0.2) is 5.97 Å². The zero-order valence-corrected chi connectivity index (χ0v) is 20.1. The van der Waals surface area contributed by atoms with E-state index in [9.17, 15) is 13.6 Å². The maximum atomic E-state index is 13.5. The SMILES string of the molecule is O=C1OC(c2ccc(F)cc2)CCC1C(Nc1ccc(F)cc1)c1ccc(OCc2ccccc2)cc1. The van der Waals surface area contributed by atoms with Crippen molar-refractivity contribution in [3.05, 3.63) is 131 Å². The van der Waals surface area contributed by atoms with Crippen molar-refractivity contribution in [3.63, 3.8) is 0 Å². The van der Waals surface area contributed by atoms with Crippen LogP contribution in [-0.2, 0) is 16.1 Å². The van der Waals surface area contributed by atoms with Crippen molar-refractivity contribution < 1.29 is 23.0 Å². The normalized spacial score (nSPS) is 18.1. The van der Waals surface area contributed by atoms with Crippen LogP contribution in [0.2, 0.25) is 0 Å². The molecule has 1 aliphatic rings. The predicted molar refractivity (Wildman–Crippen MR) is 138 cm³/mol. The van der Waals surface area contributed by atoms with E-state index >= 15 is 0 Å². The maximum Gasteiger partial charge on any atom is 0.311 e. The van der Waals surface area contributed by atoms with Gasteiger partial charge in [0.25, 0.3) is 0 Å². The smallest absolute Gasteiger partial charge is 0.311 e. The van der Waals surface area contributed by atoms with Gasteiger partial charge >= 0.3 is 5.97 Å². The van der Waals surface area contributed by atoms with E-state index in [0.29, 0.717) is 25.1 Å². The minimum Gasteiger partial charge on any atom is -0.489 e. The summed E-state index contributed by atoms with van der Waals surface area (Å²) in [4.78, 5) is 13.2. The predicted octanol–water partition coefficient (Wildman–Crippen LogP) is 7.39. The number of benzene rings is 4. The molecule has 37 heavy (non-hydrogen) atoms. The van der Waals surface area contributed by atoms with Crippen LogP contribution in [0.1, 0.15) is 41.7 Å². The number of ether oxygens (including phenoxy) is 2. The molecule has 4 nitrogen and oxygen atoms in total. The van der Waals surface area contributed by atoms with E-state index in [1.807, 2.05) is 54.6 Å². The lowest BCUT2D eigenvalue weighted by Gasteiger charge is -2.34. The minimum absolute atomic E-state index is 0.329. The summed E-state index contributed by atoms with van der Waals surface area (Å²) in [6.07, 6.45) is 0.776. The Kier molecular flexibility index (Phi) is 7.45. The van der Waals surface area contributed by atoms with Gasteiger partial charge in [0, 0.05) is 5.69 Å². The highest BCUT2D eigenvalue weighted by atomic mass is 19.1. The summed E-state index contributed by atoms with van der Waals surface area (Å²) < 4.78 is 38.6. The minimum atomic E-state index is -0.460. The summed E-state index contributed by atoms with van der Waals surface area (Å²) in [5.41, 5.74) is 3.43. The van der Waals surface area contributed by atoms with Crippen molar-refractivity contribution >= 4 is 11.7 Å². The van der Waals surface area contributed by atoms with E-state index in [1.54, 1.807) is 24.3 Å². The fourth-order valence-electron chi connectivity index (χ4n) is 4.60. The van der Waals surface area contributed by atoms with Gasteiger partial charge in [0.15, 0.2) is 0 Å². The molecule has 4 aromatic rings. The molecular formula is C31H27F2NO3. The Labute approximate surface area is 214 Å². The van der Waals surface area contributed by atoms with Crippen LogP contribution >= 0.6 is 0 Å². The highest BCUT2D eigenvalue weighted by Gasteiger charge is 2.37. The summed E-state index contributed by atoms with van der Waals surface area (Å²) in [5.74, 6) is -0.733. The molecule has 0 aromatic heterocycles. The standard InChI is InChI=1S/C31H27F2NO3/c32-24-10-6-22(7-11-24)29-19-18-28(31(35)37-29)30(34-26-14-12-25(33)13-15-26)23-8-16-27(17-9-23)36-20-21-4-2-1-3-5-21/h1-17,28-30,34H,18-20H2. The van der Waals surface area contributed by atoms with Gasteiger partial charge in [-0.25, -0.2) is 8.78 Å². The summed E-state index contributed by atoms with van der Waals surface area (Å²) in [7, 11) is 0. The largest absolute Gasteiger partial charge is 0.489 e. The van der Waals surface area contributed by atoms with Crippen LogP contribution in [0, 0.1) is 17.6 Å². The van der Waals surface area contributed by atoms with Crippen LogP contribution < -0.4 is 10.1 Å². The first-order chi connectivity index (χ1) is 18.0. The molecule has 1 fully saturated rings. The lowest BCUT2D eigenvalue weighted by molar-refractivity contribution is -0.161. The molecule has 0 saturated carbocycles. The highest BCUT2D eigenvalue weighted by Crippen LogP contribution is 2.39. The van der Waals surface area contributed by atoms with E-state index in [-0.39, 0.29) is 17.6 Å². The molecule has 5 rings (SSSR count). The Bertz CT molecular complexity index is 1310. The lowest BCUT2D eigenvalue weighted by atomic mass is 9.85. The van der Waals surface area contributed by atoms with Crippen molar-refractivity contribution in [2.75, 3.05) is 5.32 Å². The van der Waals surface area contributed by atoms with Gasteiger partial charge < -0.3 is 14.8 Å². The van der Waals surface area contributed by atoms with E-state index in [0.717, 1.165) is 22.4 Å². The van der Waals surface area contributed by atoms with Gasteiger partial charge in [0.1, 0.15) is 30.1 Å². The maximum absolute atomic E-state index is 13.5. The molecule has 1 saturated heterocycles. The van der Waals surface area contributed by atoms with Crippen molar-refractivity contribution in [1.29, 1.82) is 0 Å². The first-order valence-electron chi connectivity index (χ1n) is 12.3.